The van der Waals surface area contributed by atoms with E-state index in [0.717, 1.165) is 15.3 Å². The van der Waals surface area contributed by atoms with Gasteiger partial charge in [0.2, 0.25) is 5.95 Å². The number of hydrogen-bond acceptors (Lipinski definition) is 5. The minimum Gasteiger partial charge on any atom is -0.453 e. The summed E-state index contributed by atoms with van der Waals surface area (Å²) in [5, 5.41) is 3.29. The summed E-state index contributed by atoms with van der Waals surface area (Å²) in [6, 6.07) is 17.1. The number of nitrogens with one attached hydrogen (secondary N) is 2. The molecule has 4 rings (SSSR count). The van der Waals surface area contributed by atoms with Crippen LogP contribution in [0.15, 0.2) is 70.5 Å². The molecule has 0 spiro atoms. The number of carbonyl (C=O) groups is 2. The monoisotopic (exact) mass is 501 g/mol. The average molecular weight is 502 g/mol. The highest BCUT2D eigenvalue weighted by Crippen LogP contribution is 2.36. The molecule has 1 aromatic heterocycles. The predicted octanol–water partition coefficient (Wildman–Crippen LogP) is 6.42. The minimum absolute atomic E-state index is 0.301. The molecular weight excluding hydrogens is 485 g/mol. The maximum Gasteiger partial charge on any atom is 0.413 e. The number of anilines is 3. The zero-order valence-corrected chi connectivity index (χ0v) is 19.5. The Balaban J connectivity index is 1.55. The Morgan fingerprint density at radius 3 is 2.48 bits per heavy atom. The number of aromatic amines is 1. The number of carbonyl (C=O) groups excluding carboxylic acids is 2. The fourth-order valence-electron chi connectivity index (χ4n) is 3.10. The minimum atomic E-state index is -0.681. The van der Waals surface area contributed by atoms with E-state index in [1.165, 1.54) is 23.8 Å². The lowest BCUT2D eigenvalue weighted by molar-refractivity contribution is 0.186. The second kappa shape index (κ2) is 9.62. The van der Waals surface area contributed by atoms with Crippen molar-refractivity contribution in [2.75, 3.05) is 17.3 Å². The van der Waals surface area contributed by atoms with Crippen LogP contribution in [0.25, 0.3) is 11.0 Å². The number of urea groups is 1. The number of amides is 3. The Morgan fingerprint density at radius 2 is 1.79 bits per heavy atom. The van der Waals surface area contributed by atoms with Gasteiger partial charge in [-0.2, -0.15) is 0 Å². The van der Waals surface area contributed by atoms with Crippen LogP contribution in [0.1, 0.15) is 0 Å². The maximum atomic E-state index is 12.1. The Morgan fingerprint density at radius 1 is 1.06 bits per heavy atom. The van der Waals surface area contributed by atoms with Gasteiger partial charge in [-0.25, -0.2) is 14.6 Å². The second-order valence-corrected chi connectivity index (χ2v) is 8.74. The fourth-order valence-corrected chi connectivity index (χ4v) is 4.32. The predicted molar refractivity (Wildman–Crippen MR) is 131 cm³/mol. The average Bonchev–Trinajstić information content (AvgIpc) is 3.18. The zero-order chi connectivity index (χ0) is 23.5. The Bertz CT molecular complexity index is 1340. The van der Waals surface area contributed by atoms with Gasteiger partial charge in [-0.05, 0) is 60.7 Å². The van der Waals surface area contributed by atoms with Gasteiger partial charge in [-0.15, -0.1) is 0 Å². The third kappa shape index (κ3) is 5.16. The van der Waals surface area contributed by atoms with Crippen LogP contribution in [0.4, 0.5) is 26.9 Å². The van der Waals surface area contributed by atoms with E-state index in [-0.39, 0.29) is 0 Å². The molecule has 0 radical (unpaired) electrons. The number of nitrogens with zero attached hydrogens (tertiary/aromatic N) is 2. The fraction of sp³-hybridized carbons (Fsp3) is 0.0455. The van der Waals surface area contributed by atoms with Crippen molar-refractivity contribution in [3.05, 3.63) is 70.7 Å². The van der Waals surface area contributed by atoms with E-state index in [0.29, 0.717) is 32.9 Å². The summed E-state index contributed by atoms with van der Waals surface area (Å²) in [5.41, 5.74) is 8.03. The molecule has 11 heteroatoms. The molecular formula is C22H17Cl2N5O3S. The molecule has 0 bridgehead atoms. The normalized spacial score (nSPS) is 10.8. The molecule has 3 aromatic carbocycles. The summed E-state index contributed by atoms with van der Waals surface area (Å²) in [6.07, 6.45) is -0.604. The van der Waals surface area contributed by atoms with Crippen molar-refractivity contribution in [3.8, 4) is 0 Å². The first-order valence-corrected chi connectivity index (χ1v) is 11.1. The number of imidazole rings is 1. The van der Waals surface area contributed by atoms with Gasteiger partial charge in [0, 0.05) is 14.8 Å². The number of benzene rings is 3. The molecule has 4 aromatic rings. The number of primary amides is 1. The van der Waals surface area contributed by atoms with E-state index >= 15 is 0 Å². The van der Waals surface area contributed by atoms with Crippen LogP contribution in [0.2, 0.25) is 10.0 Å². The Hall–Kier alpha value is -3.40. The Kier molecular flexibility index (Phi) is 6.64. The summed E-state index contributed by atoms with van der Waals surface area (Å²) in [6.45, 7) is 0. The number of halogens is 2. The van der Waals surface area contributed by atoms with Crippen LogP contribution in [0.5, 0.6) is 0 Å². The van der Waals surface area contributed by atoms with Crippen LogP contribution in [-0.2, 0) is 4.74 Å². The van der Waals surface area contributed by atoms with Crippen LogP contribution in [-0.4, -0.2) is 29.2 Å². The molecule has 0 atom stereocenters. The molecule has 0 saturated carbocycles. The molecule has 0 aliphatic heterocycles. The van der Waals surface area contributed by atoms with Crippen molar-refractivity contribution in [1.82, 2.24) is 9.97 Å². The number of methoxy groups -OCH3 is 1. The maximum absolute atomic E-state index is 12.1. The van der Waals surface area contributed by atoms with E-state index in [2.05, 4.69) is 20.0 Å². The summed E-state index contributed by atoms with van der Waals surface area (Å²) in [4.78, 5) is 34.0. The van der Waals surface area contributed by atoms with E-state index in [1.54, 1.807) is 30.3 Å². The van der Waals surface area contributed by atoms with Crippen LogP contribution < -0.4 is 16.0 Å². The van der Waals surface area contributed by atoms with Gasteiger partial charge in [-0.3, -0.25) is 10.2 Å². The van der Waals surface area contributed by atoms with Crippen molar-refractivity contribution in [2.24, 2.45) is 5.73 Å². The lowest BCUT2D eigenvalue weighted by Crippen LogP contribution is -2.31. The standard InChI is InChI=1S/C22H17Cl2N5O3S/c1-32-22(31)28-21-26-17-9-7-15(11-18(17)27-21)33-14-5-3-13(4-6-14)29(20(25)30)19-10-12(23)2-8-16(19)24/h2-11H,1H3,(H2,25,30)(H2,26,27,28,31). The third-order valence-corrected chi connectivity index (χ3v) is 6.11. The van der Waals surface area contributed by atoms with Crippen molar-refractivity contribution >= 4 is 75.4 Å². The SMILES string of the molecule is COC(=O)Nc1nc2cc(Sc3ccc(N(C(N)=O)c4cc(Cl)ccc4Cl)cc3)ccc2[nH]1. The van der Waals surface area contributed by atoms with Gasteiger partial charge < -0.3 is 15.5 Å². The number of ether oxygens (including phenoxy) is 1. The van der Waals surface area contributed by atoms with E-state index in [1.807, 2.05) is 30.3 Å². The van der Waals surface area contributed by atoms with E-state index < -0.39 is 12.1 Å². The molecule has 0 unspecified atom stereocenters. The highest BCUT2D eigenvalue weighted by molar-refractivity contribution is 7.99. The number of hydrogen-bond donors (Lipinski definition) is 3. The van der Waals surface area contributed by atoms with E-state index in [9.17, 15) is 9.59 Å². The van der Waals surface area contributed by atoms with Gasteiger partial charge in [0.15, 0.2) is 0 Å². The topological polar surface area (TPSA) is 113 Å². The first-order chi connectivity index (χ1) is 15.8. The summed E-state index contributed by atoms with van der Waals surface area (Å²) in [7, 11) is 1.28. The number of rotatable bonds is 5. The largest absolute Gasteiger partial charge is 0.453 e. The molecule has 33 heavy (non-hydrogen) atoms. The van der Waals surface area contributed by atoms with Crippen molar-refractivity contribution in [2.45, 2.75) is 9.79 Å². The number of nitrogens with two attached hydrogens (primary N) is 1. The first-order valence-electron chi connectivity index (χ1n) is 9.51. The molecule has 8 nitrogen and oxygen atoms in total. The van der Waals surface area contributed by atoms with Crippen molar-refractivity contribution in [1.29, 1.82) is 0 Å². The molecule has 1 heterocycles. The highest BCUT2D eigenvalue weighted by Gasteiger charge is 2.18. The zero-order valence-electron chi connectivity index (χ0n) is 17.1. The first kappa shape index (κ1) is 22.8. The Labute approximate surface area is 203 Å². The lowest BCUT2D eigenvalue weighted by atomic mass is 10.2. The van der Waals surface area contributed by atoms with Crippen molar-refractivity contribution < 1.29 is 14.3 Å². The smallest absolute Gasteiger partial charge is 0.413 e. The van der Waals surface area contributed by atoms with Gasteiger partial charge in [0.25, 0.3) is 0 Å². The van der Waals surface area contributed by atoms with Crippen molar-refractivity contribution in [3.63, 3.8) is 0 Å². The quantitative estimate of drug-likeness (QED) is 0.292. The summed E-state index contributed by atoms with van der Waals surface area (Å²) < 4.78 is 4.57. The van der Waals surface area contributed by atoms with Crippen LogP contribution >= 0.6 is 35.0 Å². The molecule has 0 aliphatic rings. The third-order valence-electron chi connectivity index (χ3n) is 4.56. The molecule has 0 fully saturated rings. The summed E-state index contributed by atoms with van der Waals surface area (Å²) in [5.74, 6) is 0.301. The lowest BCUT2D eigenvalue weighted by Gasteiger charge is -2.22. The van der Waals surface area contributed by atoms with Crippen LogP contribution in [0, 0.1) is 0 Å². The van der Waals surface area contributed by atoms with Crippen LogP contribution in [0.3, 0.4) is 0 Å². The second-order valence-electron chi connectivity index (χ2n) is 6.75. The van der Waals surface area contributed by atoms with E-state index in [4.69, 9.17) is 28.9 Å². The summed E-state index contributed by atoms with van der Waals surface area (Å²) >= 11 is 13.8. The number of fused-ring (bicyclic) bond motifs is 1. The molecule has 3 amide bonds. The van der Waals surface area contributed by atoms with Gasteiger partial charge >= 0.3 is 12.1 Å². The highest BCUT2D eigenvalue weighted by atomic mass is 35.5. The number of H-pyrrole nitrogens is 1. The van der Waals surface area contributed by atoms with Gasteiger partial charge in [-0.1, -0.05) is 35.0 Å². The molecule has 0 aliphatic carbocycles. The number of aromatic nitrogens is 2. The van der Waals surface area contributed by atoms with Gasteiger partial charge in [0.05, 0.1) is 34.5 Å². The molecule has 0 saturated heterocycles. The molecule has 4 N–H and O–H groups in total. The molecule has 168 valence electrons. The van der Waals surface area contributed by atoms with Gasteiger partial charge in [0.1, 0.15) is 0 Å².